The van der Waals surface area contributed by atoms with E-state index in [0.717, 1.165) is 38.8 Å². The van der Waals surface area contributed by atoms with Gasteiger partial charge in [0, 0.05) is 27.8 Å². The molecule has 11 rings (SSSR count). The van der Waals surface area contributed by atoms with Crippen molar-refractivity contribution in [2.45, 2.75) is 5.41 Å². The van der Waals surface area contributed by atoms with Crippen molar-refractivity contribution in [1.82, 2.24) is 0 Å². The van der Waals surface area contributed by atoms with Gasteiger partial charge in [-0.05, 0) is 104 Å². The van der Waals surface area contributed by atoms with Crippen molar-refractivity contribution in [1.29, 1.82) is 0 Å². The van der Waals surface area contributed by atoms with Gasteiger partial charge >= 0.3 is 0 Å². The summed E-state index contributed by atoms with van der Waals surface area (Å²) in [5.41, 5.74) is 13.0. The Morgan fingerprint density at radius 3 is 1.63 bits per heavy atom. The topological polar surface area (TPSA) is 16.4 Å². The maximum absolute atomic E-state index is 9.53. The van der Waals surface area contributed by atoms with Gasteiger partial charge in [0.05, 0.1) is 10.9 Å². The van der Waals surface area contributed by atoms with E-state index >= 15 is 0 Å². The van der Waals surface area contributed by atoms with Crippen LogP contribution in [-0.2, 0) is 5.41 Å². The molecule has 0 aliphatic heterocycles. The molecule has 2 aliphatic rings. The van der Waals surface area contributed by atoms with Gasteiger partial charge in [0.2, 0.25) is 0 Å². The molecule has 8 aromatic carbocycles. The second kappa shape index (κ2) is 10.7. The number of furan rings is 1. The third-order valence-corrected chi connectivity index (χ3v) is 10.8. The predicted molar refractivity (Wildman–Crippen MR) is 210 cm³/mol. The molecule has 2 nitrogen and oxygen atoms in total. The van der Waals surface area contributed by atoms with Gasteiger partial charge in [0.25, 0.3) is 0 Å². The van der Waals surface area contributed by atoms with E-state index in [0.29, 0.717) is 11.3 Å². The molecule has 0 bridgehead atoms. The van der Waals surface area contributed by atoms with Gasteiger partial charge < -0.3 is 9.32 Å². The van der Waals surface area contributed by atoms with Crippen LogP contribution in [0.3, 0.4) is 0 Å². The Kier molecular flexibility index (Phi) is 5.13. The molecule has 0 saturated carbocycles. The van der Waals surface area contributed by atoms with Crippen LogP contribution < -0.4 is 4.90 Å². The minimum absolute atomic E-state index is 0.0910. The lowest BCUT2D eigenvalue weighted by Crippen LogP contribution is -2.25. The van der Waals surface area contributed by atoms with Crippen molar-refractivity contribution in [2.24, 2.45) is 0 Å². The Morgan fingerprint density at radius 1 is 0.392 bits per heavy atom. The van der Waals surface area contributed by atoms with E-state index in [9.17, 15) is 5.48 Å². The molecule has 1 aromatic heterocycles. The maximum Gasteiger partial charge on any atom is 0.135 e. The highest BCUT2D eigenvalue weighted by Gasteiger charge is 2.51. The van der Waals surface area contributed by atoms with Gasteiger partial charge in [-0.2, -0.15) is 0 Å². The molecule has 0 N–H and O–H groups in total. The highest BCUT2D eigenvalue weighted by atomic mass is 16.3. The molecule has 2 heteroatoms. The molecule has 51 heavy (non-hydrogen) atoms. The lowest BCUT2D eigenvalue weighted by atomic mass is 9.70. The summed E-state index contributed by atoms with van der Waals surface area (Å²) >= 11 is 0. The fourth-order valence-corrected chi connectivity index (χ4v) is 8.65. The van der Waals surface area contributed by atoms with Crippen LogP contribution in [0.25, 0.3) is 55.3 Å². The summed E-state index contributed by atoms with van der Waals surface area (Å²) in [4.78, 5) is 1.89. The number of nitrogens with zero attached hydrogens (tertiary/aromatic N) is 1. The Balaban J connectivity index is 1.20. The fourth-order valence-electron chi connectivity index (χ4n) is 8.65. The summed E-state index contributed by atoms with van der Waals surface area (Å²) in [5.74, 6) is 0. The van der Waals surface area contributed by atoms with Crippen molar-refractivity contribution in [3.8, 4) is 33.4 Å². The molecule has 0 radical (unpaired) electrons. The summed E-state index contributed by atoms with van der Waals surface area (Å²) in [6, 6.07) is 55.1. The minimum atomic E-state index is -0.516. The number of para-hydroxylation sites is 1. The average molecular weight is 654 g/mol. The van der Waals surface area contributed by atoms with Crippen molar-refractivity contribution in [3.63, 3.8) is 0 Å². The lowest BCUT2D eigenvalue weighted by Gasteiger charge is -2.31. The smallest absolute Gasteiger partial charge is 0.135 e. The van der Waals surface area contributed by atoms with Crippen LogP contribution >= 0.6 is 0 Å². The zero-order chi connectivity index (χ0) is 37.0. The van der Waals surface area contributed by atoms with Crippen molar-refractivity contribution in [2.75, 3.05) is 4.90 Å². The summed E-state index contributed by atoms with van der Waals surface area (Å²) in [6.45, 7) is 0. The highest BCUT2D eigenvalue weighted by Crippen LogP contribution is 2.63. The second-order valence-corrected chi connectivity index (χ2v) is 13.3. The van der Waals surface area contributed by atoms with Crippen LogP contribution in [-0.4, -0.2) is 0 Å². The SMILES string of the molecule is [2H]c1c([2H])c(N(c2ccc3c(c2)-c2ccccc2C32c3ccccc3-c3ccccc32)c2ccc3oc4ccccc4c3c2)c([2H])c([2H])c1-c1ccccc1. The summed E-state index contributed by atoms with van der Waals surface area (Å²) in [5, 5.41) is 1.86. The van der Waals surface area contributed by atoms with Crippen molar-refractivity contribution in [3.05, 3.63) is 210 Å². The molecule has 0 atom stereocenters. The predicted octanol–water partition coefficient (Wildman–Crippen LogP) is 13.1. The average Bonchev–Trinajstić information content (AvgIpc) is 3.86. The van der Waals surface area contributed by atoms with Crippen LogP contribution in [0.15, 0.2) is 192 Å². The van der Waals surface area contributed by atoms with Crippen LogP contribution in [0.5, 0.6) is 0 Å². The Labute approximate surface area is 302 Å². The molecule has 1 spiro atoms. The van der Waals surface area contributed by atoms with E-state index in [1.54, 1.807) is 0 Å². The van der Waals surface area contributed by atoms with Gasteiger partial charge in [0.15, 0.2) is 0 Å². The molecule has 0 saturated heterocycles. The zero-order valence-corrected chi connectivity index (χ0v) is 27.4. The Morgan fingerprint density at radius 2 is 0.922 bits per heavy atom. The van der Waals surface area contributed by atoms with Crippen LogP contribution in [0, 0.1) is 0 Å². The Bertz CT molecular complexity index is 2980. The molecule has 9 aromatic rings. The summed E-state index contributed by atoms with van der Waals surface area (Å²) < 4.78 is 43.8. The van der Waals surface area contributed by atoms with E-state index in [4.69, 9.17) is 4.42 Å². The Hall–Kier alpha value is -6.64. The van der Waals surface area contributed by atoms with Crippen LogP contribution in [0.1, 0.15) is 27.7 Å². The maximum atomic E-state index is 9.53. The third kappa shape index (κ3) is 3.93. The molecule has 1 heterocycles. The second-order valence-electron chi connectivity index (χ2n) is 13.3. The fraction of sp³-hybridized carbons (Fsp3) is 0.0204. The molecule has 0 amide bonds. The summed E-state index contributed by atoms with van der Waals surface area (Å²) in [7, 11) is 0. The van der Waals surface area contributed by atoms with E-state index < -0.39 is 5.41 Å². The molecule has 238 valence electrons. The van der Waals surface area contributed by atoms with Crippen LogP contribution in [0.4, 0.5) is 17.1 Å². The van der Waals surface area contributed by atoms with Gasteiger partial charge in [-0.15, -0.1) is 0 Å². The number of anilines is 3. The first-order valence-corrected chi connectivity index (χ1v) is 17.3. The summed E-state index contributed by atoms with van der Waals surface area (Å²) in [6.07, 6.45) is 0. The van der Waals surface area contributed by atoms with Crippen molar-refractivity contribution >= 4 is 39.0 Å². The van der Waals surface area contributed by atoms with E-state index in [2.05, 4.69) is 91.0 Å². The van der Waals surface area contributed by atoms with E-state index in [1.165, 1.54) is 33.4 Å². The van der Waals surface area contributed by atoms with Gasteiger partial charge in [-0.3, -0.25) is 0 Å². The normalized spacial score (nSPS) is 14.4. The van der Waals surface area contributed by atoms with Crippen molar-refractivity contribution < 1.29 is 9.90 Å². The van der Waals surface area contributed by atoms with Crippen LogP contribution in [0.2, 0.25) is 0 Å². The number of fused-ring (bicyclic) bond motifs is 13. The van der Waals surface area contributed by atoms with Gasteiger partial charge in [0.1, 0.15) is 11.2 Å². The molecule has 2 aliphatic carbocycles. The number of hydrogen-bond acceptors (Lipinski definition) is 2. The molecule has 0 unspecified atom stereocenters. The lowest BCUT2D eigenvalue weighted by molar-refractivity contribution is 0.669. The zero-order valence-electron chi connectivity index (χ0n) is 31.4. The number of rotatable bonds is 4. The molecular formula is C49H31NO. The first-order valence-electron chi connectivity index (χ1n) is 19.3. The highest BCUT2D eigenvalue weighted by molar-refractivity contribution is 6.06. The quantitative estimate of drug-likeness (QED) is 0.188. The molecular weight excluding hydrogens is 619 g/mol. The third-order valence-electron chi connectivity index (χ3n) is 10.8. The number of benzene rings is 8. The minimum Gasteiger partial charge on any atom is -0.456 e. The first-order chi connectivity index (χ1) is 27.0. The van der Waals surface area contributed by atoms with E-state index in [-0.39, 0.29) is 35.4 Å². The first kappa shape index (κ1) is 24.5. The molecule has 0 fully saturated rings. The van der Waals surface area contributed by atoms with Gasteiger partial charge in [-0.25, -0.2) is 0 Å². The largest absolute Gasteiger partial charge is 0.456 e. The van der Waals surface area contributed by atoms with Gasteiger partial charge in [-0.1, -0.05) is 139 Å². The standard InChI is InChI=1S/C49H31NO/c1-2-12-32(13-3-1)33-22-24-34(25-23-33)50(36-27-29-48-42(31-36)40-17-7-11-21-47(40)51-48)35-26-28-46-41(30-35)39-16-6-10-20-45(39)49(46)43-18-8-4-14-37(43)38-15-5-9-19-44(38)49/h1-31H/i22D,23D,24D,25D. The monoisotopic (exact) mass is 653 g/mol. The van der Waals surface area contributed by atoms with E-state index in [1.807, 2.05) is 77.7 Å². The number of hydrogen-bond donors (Lipinski definition) is 0.